The zero-order valence-electron chi connectivity index (χ0n) is 18.9. The van der Waals surface area contributed by atoms with E-state index in [2.05, 4.69) is 87.1 Å². The van der Waals surface area contributed by atoms with Crippen molar-refractivity contribution in [2.45, 2.75) is 88.3 Å². The molecular weight excluding hydrogens is 375 g/mol. The van der Waals surface area contributed by atoms with Crippen LogP contribution in [-0.4, -0.2) is 29.6 Å². The molecule has 2 rings (SSSR count). The number of benzene rings is 2. The van der Waals surface area contributed by atoms with E-state index in [1.807, 2.05) is 30.3 Å². The van der Waals surface area contributed by atoms with Gasteiger partial charge in [0, 0.05) is 39.3 Å². The molecule has 0 amide bonds. The largest absolute Gasteiger partial charge is 0.143 e. The van der Waals surface area contributed by atoms with Crippen molar-refractivity contribution in [3.63, 3.8) is 0 Å². The van der Waals surface area contributed by atoms with E-state index in [-0.39, 0.29) is 45.8 Å². The summed E-state index contributed by atoms with van der Waals surface area (Å²) in [6.45, 7) is 20.5. The minimum Gasteiger partial charge on any atom is -0.143 e. The van der Waals surface area contributed by atoms with Crippen molar-refractivity contribution in [1.82, 2.24) is 0 Å². The topological polar surface area (TPSA) is 0 Å². The molecule has 1 radical (unpaired) electrons. The minimum atomic E-state index is 0. The Bertz CT molecular complexity index is 715. The standard InChI is InChI=1S/C18H30S.C6H6S.Na/c1-16(2,3)12-10-14(18(7,8)9)15(19)11-13(12)17(4,5)6;7-6-4-2-1-3-5-6;/h10-11,19H,1-9H3;1-5,7H;. The van der Waals surface area contributed by atoms with Crippen LogP contribution in [0.3, 0.4) is 0 Å². The van der Waals surface area contributed by atoms with E-state index in [9.17, 15) is 0 Å². The molecule has 0 unspecified atom stereocenters. The van der Waals surface area contributed by atoms with Gasteiger partial charge in [-0.1, -0.05) is 86.6 Å². The van der Waals surface area contributed by atoms with Crippen molar-refractivity contribution in [1.29, 1.82) is 0 Å². The Labute approximate surface area is 201 Å². The van der Waals surface area contributed by atoms with Gasteiger partial charge in [0.25, 0.3) is 0 Å². The van der Waals surface area contributed by atoms with Gasteiger partial charge in [-0.3, -0.25) is 0 Å². The summed E-state index contributed by atoms with van der Waals surface area (Å²) in [7, 11) is 0. The first kappa shape index (κ1) is 27.1. The van der Waals surface area contributed by atoms with Gasteiger partial charge < -0.3 is 0 Å². The summed E-state index contributed by atoms with van der Waals surface area (Å²) in [5, 5.41) is 0. The Hall–Kier alpha value is 0.140. The molecule has 0 aliphatic rings. The number of thiol groups is 2. The van der Waals surface area contributed by atoms with Crippen molar-refractivity contribution in [2.75, 3.05) is 0 Å². The Kier molecular flexibility index (Phi) is 10.3. The molecule has 0 saturated carbocycles. The van der Waals surface area contributed by atoms with Crippen molar-refractivity contribution in [3.05, 3.63) is 59.2 Å². The molecule has 0 aromatic heterocycles. The fourth-order valence-corrected chi connectivity index (χ4v) is 3.56. The molecule has 0 heterocycles. The maximum atomic E-state index is 4.74. The van der Waals surface area contributed by atoms with Crippen molar-refractivity contribution < 1.29 is 0 Å². The fourth-order valence-electron chi connectivity index (χ4n) is 2.86. The minimum absolute atomic E-state index is 0. The summed E-state index contributed by atoms with van der Waals surface area (Å²) < 4.78 is 0. The Balaban J connectivity index is 0.000000708. The molecule has 0 aliphatic heterocycles. The van der Waals surface area contributed by atoms with E-state index in [1.165, 1.54) is 16.7 Å². The summed E-state index contributed by atoms with van der Waals surface area (Å²) in [5.41, 5.74) is 4.64. The van der Waals surface area contributed by atoms with Crippen LogP contribution in [0.1, 0.15) is 79.0 Å². The smallest absolute Gasteiger partial charge is 0.00805 e. The zero-order chi connectivity index (χ0) is 20.3. The third-order valence-corrected chi connectivity index (χ3v) is 4.98. The first-order valence-corrected chi connectivity index (χ1v) is 10.2. The van der Waals surface area contributed by atoms with Crippen molar-refractivity contribution in [3.8, 4) is 0 Å². The third kappa shape index (κ3) is 8.58. The Morgan fingerprint density at radius 3 is 1.22 bits per heavy atom. The van der Waals surface area contributed by atoms with Crippen LogP contribution >= 0.6 is 25.3 Å². The molecule has 0 saturated heterocycles. The van der Waals surface area contributed by atoms with Gasteiger partial charge in [-0.15, -0.1) is 25.3 Å². The molecule has 0 aliphatic carbocycles. The maximum Gasteiger partial charge on any atom is 0.00805 e. The van der Waals surface area contributed by atoms with Crippen LogP contribution in [0.4, 0.5) is 0 Å². The Morgan fingerprint density at radius 2 is 0.926 bits per heavy atom. The van der Waals surface area contributed by atoms with E-state index in [0.717, 1.165) is 9.79 Å². The second-order valence-electron chi connectivity index (χ2n) is 10.0. The zero-order valence-corrected chi connectivity index (χ0v) is 22.7. The molecule has 145 valence electrons. The molecule has 27 heavy (non-hydrogen) atoms. The van der Waals surface area contributed by atoms with E-state index in [0.29, 0.717) is 0 Å². The summed E-state index contributed by atoms with van der Waals surface area (Å²) in [5.74, 6) is 0. The van der Waals surface area contributed by atoms with Gasteiger partial charge in [0.15, 0.2) is 0 Å². The SMILES string of the molecule is CC(C)(C)c1cc(C(C)(C)C)c(C(C)(C)C)cc1S.Sc1ccccc1.[Na]. The average molecular weight is 412 g/mol. The van der Waals surface area contributed by atoms with E-state index >= 15 is 0 Å². The van der Waals surface area contributed by atoms with E-state index in [4.69, 9.17) is 12.6 Å². The van der Waals surface area contributed by atoms with Gasteiger partial charge in [-0.05, 0) is 51.1 Å². The quantitative estimate of drug-likeness (QED) is 0.326. The summed E-state index contributed by atoms with van der Waals surface area (Å²) in [6.07, 6.45) is 0. The first-order chi connectivity index (χ1) is 11.6. The van der Waals surface area contributed by atoms with Gasteiger partial charge in [0.1, 0.15) is 0 Å². The molecule has 0 atom stereocenters. The molecule has 0 spiro atoms. The van der Waals surface area contributed by atoms with Crippen LogP contribution in [0.15, 0.2) is 52.3 Å². The maximum absolute atomic E-state index is 4.74. The molecule has 0 fully saturated rings. The molecule has 0 N–H and O–H groups in total. The van der Waals surface area contributed by atoms with Crippen LogP contribution in [0, 0.1) is 0 Å². The second-order valence-corrected chi connectivity index (χ2v) is 11.0. The summed E-state index contributed by atoms with van der Waals surface area (Å²) in [6, 6.07) is 14.4. The first-order valence-electron chi connectivity index (χ1n) is 9.26. The van der Waals surface area contributed by atoms with Gasteiger partial charge in [-0.2, -0.15) is 0 Å². The molecular formula is C24H36NaS2. The van der Waals surface area contributed by atoms with Gasteiger partial charge in [-0.25, -0.2) is 0 Å². The van der Waals surface area contributed by atoms with E-state index in [1.54, 1.807) is 0 Å². The number of hydrogen-bond donors (Lipinski definition) is 2. The number of hydrogen-bond acceptors (Lipinski definition) is 2. The van der Waals surface area contributed by atoms with Crippen LogP contribution in [0.2, 0.25) is 0 Å². The molecule has 0 nitrogen and oxygen atoms in total. The van der Waals surface area contributed by atoms with Crippen LogP contribution in [0.5, 0.6) is 0 Å². The van der Waals surface area contributed by atoms with Crippen LogP contribution in [0.25, 0.3) is 0 Å². The van der Waals surface area contributed by atoms with Gasteiger partial charge in [0.05, 0.1) is 0 Å². The van der Waals surface area contributed by atoms with Gasteiger partial charge in [0.2, 0.25) is 0 Å². The predicted molar refractivity (Wildman–Crippen MR) is 129 cm³/mol. The number of rotatable bonds is 0. The molecule has 0 bridgehead atoms. The molecule has 3 heteroatoms. The fraction of sp³-hybridized carbons (Fsp3) is 0.500. The summed E-state index contributed by atoms with van der Waals surface area (Å²) in [4.78, 5) is 2.13. The second kappa shape index (κ2) is 10.3. The van der Waals surface area contributed by atoms with Crippen LogP contribution in [-0.2, 0) is 16.2 Å². The van der Waals surface area contributed by atoms with Gasteiger partial charge >= 0.3 is 0 Å². The average Bonchev–Trinajstić information content (AvgIpc) is 2.45. The summed E-state index contributed by atoms with van der Waals surface area (Å²) >= 11 is 8.82. The molecule has 2 aromatic rings. The van der Waals surface area contributed by atoms with Crippen molar-refractivity contribution >= 4 is 54.8 Å². The normalized spacial score (nSPS) is 12.0. The van der Waals surface area contributed by atoms with Crippen LogP contribution < -0.4 is 0 Å². The molecule has 2 aromatic carbocycles. The Morgan fingerprint density at radius 1 is 0.556 bits per heavy atom. The third-order valence-electron chi connectivity index (χ3n) is 4.32. The monoisotopic (exact) mass is 411 g/mol. The predicted octanol–water partition coefficient (Wildman–Crippen LogP) is 7.46. The van der Waals surface area contributed by atoms with E-state index < -0.39 is 0 Å². The van der Waals surface area contributed by atoms with Crippen molar-refractivity contribution in [2.24, 2.45) is 0 Å².